The number of fused-ring (bicyclic) bond motifs is 1. The van der Waals surface area contributed by atoms with Gasteiger partial charge in [0.05, 0.1) is 4.90 Å². The molecule has 1 aromatic heterocycles. The van der Waals surface area contributed by atoms with E-state index in [0.29, 0.717) is 15.9 Å². The molecule has 118 valence electrons. The second kappa shape index (κ2) is 5.69. The zero-order chi connectivity index (χ0) is 16.6. The number of benzene rings is 2. The third-order valence-electron chi connectivity index (χ3n) is 3.09. The van der Waals surface area contributed by atoms with E-state index in [9.17, 15) is 13.5 Å². The van der Waals surface area contributed by atoms with E-state index < -0.39 is 10.1 Å². The highest BCUT2D eigenvalue weighted by molar-refractivity contribution is 7.85. The lowest BCUT2D eigenvalue weighted by molar-refractivity contribution is 0.480. The molecular formula is C14H11N3O4S2. The summed E-state index contributed by atoms with van der Waals surface area (Å²) in [6.45, 7) is 1.90. The summed E-state index contributed by atoms with van der Waals surface area (Å²) in [5.41, 5.74) is 0.241. The van der Waals surface area contributed by atoms with Crippen molar-refractivity contribution in [3.05, 3.63) is 41.4 Å². The Morgan fingerprint density at radius 3 is 2.61 bits per heavy atom. The Morgan fingerprint density at radius 1 is 1.17 bits per heavy atom. The molecule has 0 aliphatic heterocycles. The van der Waals surface area contributed by atoms with Crippen molar-refractivity contribution in [1.29, 1.82) is 0 Å². The van der Waals surface area contributed by atoms with Gasteiger partial charge in [0.2, 0.25) is 5.13 Å². The number of hydrogen-bond donors (Lipinski definition) is 2. The van der Waals surface area contributed by atoms with Gasteiger partial charge in [-0.25, -0.2) is 4.98 Å². The van der Waals surface area contributed by atoms with Crippen LogP contribution in [0, 0.1) is 6.92 Å². The summed E-state index contributed by atoms with van der Waals surface area (Å²) in [6.07, 6.45) is 1.68. The Hall–Kier alpha value is -2.36. The van der Waals surface area contributed by atoms with Crippen molar-refractivity contribution < 1.29 is 18.1 Å². The van der Waals surface area contributed by atoms with E-state index in [2.05, 4.69) is 15.2 Å². The minimum Gasteiger partial charge on any atom is -0.505 e. The Balaban J connectivity index is 2.04. The van der Waals surface area contributed by atoms with E-state index >= 15 is 0 Å². The predicted molar refractivity (Wildman–Crippen MR) is 86.5 cm³/mol. The molecule has 0 aliphatic carbocycles. The van der Waals surface area contributed by atoms with Gasteiger partial charge < -0.3 is 5.11 Å². The molecule has 23 heavy (non-hydrogen) atoms. The molecular weight excluding hydrogens is 338 g/mol. The average molecular weight is 349 g/mol. The van der Waals surface area contributed by atoms with Crippen LogP contribution in [0.2, 0.25) is 0 Å². The molecule has 2 N–H and O–H groups in total. The third kappa shape index (κ3) is 3.21. The molecule has 9 heteroatoms. The van der Waals surface area contributed by atoms with Crippen molar-refractivity contribution in [1.82, 2.24) is 4.98 Å². The highest BCUT2D eigenvalue weighted by Crippen LogP contribution is 2.36. The SMILES string of the molecule is Cc1cnc(/N=N/c2ccc3cc(S(=O)(=O)O)ccc3c2O)s1. The minimum absolute atomic E-state index is 0.124. The van der Waals surface area contributed by atoms with Crippen LogP contribution in [0.5, 0.6) is 5.75 Å². The van der Waals surface area contributed by atoms with Crippen LogP contribution in [-0.4, -0.2) is 23.1 Å². The summed E-state index contributed by atoms with van der Waals surface area (Å²) in [5, 5.41) is 19.5. The zero-order valence-corrected chi connectivity index (χ0v) is 13.5. The number of rotatable bonds is 3. The highest BCUT2D eigenvalue weighted by atomic mass is 32.2. The van der Waals surface area contributed by atoms with Gasteiger partial charge in [-0.05, 0) is 36.6 Å². The number of thiazole rings is 1. The van der Waals surface area contributed by atoms with Gasteiger partial charge in [0.1, 0.15) is 5.69 Å². The summed E-state index contributed by atoms with van der Waals surface area (Å²) >= 11 is 1.37. The lowest BCUT2D eigenvalue weighted by atomic mass is 10.1. The quantitative estimate of drug-likeness (QED) is 0.549. The van der Waals surface area contributed by atoms with Gasteiger partial charge in [-0.3, -0.25) is 4.55 Å². The van der Waals surface area contributed by atoms with E-state index in [4.69, 9.17) is 4.55 Å². The first-order valence-corrected chi connectivity index (χ1v) is 8.67. The highest BCUT2D eigenvalue weighted by Gasteiger charge is 2.12. The second-order valence-electron chi connectivity index (χ2n) is 4.74. The van der Waals surface area contributed by atoms with Gasteiger partial charge >= 0.3 is 0 Å². The molecule has 0 amide bonds. The van der Waals surface area contributed by atoms with Crippen molar-refractivity contribution in [3.8, 4) is 5.75 Å². The first-order chi connectivity index (χ1) is 10.8. The molecule has 7 nitrogen and oxygen atoms in total. The lowest BCUT2D eigenvalue weighted by Crippen LogP contribution is -1.97. The molecule has 3 rings (SSSR count). The van der Waals surface area contributed by atoms with Gasteiger partial charge in [0, 0.05) is 16.5 Å². The molecule has 0 radical (unpaired) electrons. The Bertz CT molecular complexity index is 1030. The summed E-state index contributed by atoms with van der Waals surface area (Å²) in [4.78, 5) is 4.80. The van der Waals surface area contributed by atoms with Crippen molar-refractivity contribution in [2.75, 3.05) is 0 Å². The van der Waals surface area contributed by atoms with Crippen LogP contribution < -0.4 is 0 Å². The molecule has 3 aromatic rings. The van der Waals surface area contributed by atoms with E-state index in [0.717, 1.165) is 4.88 Å². The van der Waals surface area contributed by atoms with Crippen molar-refractivity contribution in [2.24, 2.45) is 10.2 Å². The number of azo groups is 1. The first-order valence-electron chi connectivity index (χ1n) is 6.42. The maximum atomic E-state index is 11.1. The maximum absolute atomic E-state index is 11.1. The van der Waals surface area contributed by atoms with Crippen LogP contribution in [0.15, 0.2) is 51.7 Å². The van der Waals surface area contributed by atoms with Crippen molar-refractivity contribution >= 4 is 43.0 Å². The molecule has 0 bridgehead atoms. The fraction of sp³-hybridized carbons (Fsp3) is 0.0714. The number of aromatic nitrogens is 1. The number of phenolic OH excluding ortho intramolecular Hbond substituents is 1. The van der Waals surface area contributed by atoms with Crippen LogP contribution in [0.4, 0.5) is 10.8 Å². The smallest absolute Gasteiger partial charge is 0.294 e. The Morgan fingerprint density at radius 2 is 1.96 bits per heavy atom. The maximum Gasteiger partial charge on any atom is 0.294 e. The summed E-state index contributed by atoms with van der Waals surface area (Å²) < 4.78 is 31.3. The number of aryl methyl sites for hydroxylation is 1. The Kier molecular flexibility index (Phi) is 3.84. The Labute approximate surface area is 135 Å². The molecule has 0 aliphatic rings. The molecule has 1 heterocycles. The molecule has 0 saturated heterocycles. The largest absolute Gasteiger partial charge is 0.505 e. The fourth-order valence-corrected chi connectivity index (χ4v) is 3.10. The van der Waals surface area contributed by atoms with Gasteiger partial charge in [-0.1, -0.05) is 17.4 Å². The topological polar surface area (TPSA) is 112 Å². The van der Waals surface area contributed by atoms with Gasteiger partial charge in [0.15, 0.2) is 5.75 Å². The predicted octanol–water partition coefficient (Wildman–Crippen LogP) is 3.97. The van der Waals surface area contributed by atoms with Gasteiger partial charge in [-0.2, -0.15) is 8.42 Å². The molecule has 0 fully saturated rings. The van der Waals surface area contributed by atoms with E-state index in [1.165, 1.54) is 35.6 Å². The number of nitrogens with zero attached hydrogens (tertiary/aromatic N) is 3. The molecule has 2 aromatic carbocycles. The molecule has 0 saturated carbocycles. The molecule has 0 unspecified atom stereocenters. The summed E-state index contributed by atoms with van der Waals surface area (Å²) in [6, 6.07) is 6.99. The van der Waals surface area contributed by atoms with Crippen LogP contribution in [0.25, 0.3) is 10.8 Å². The first kappa shape index (κ1) is 15.5. The van der Waals surface area contributed by atoms with Crippen LogP contribution >= 0.6 is 11.3 Å². The van der Waals surface area contributed by atoms with E-state index in [1.807, 2.05) is 6.92 Å². The summed E-state index contributed by atoms with van der Waals surface area (Å²) in [7, 11) is -4.29. The van der Waals surface area contributed by atoms with Crippen LogP contribution in [-0.2, 0) is 10.1 Å². The van der Waals surface area contributed by atoms with Crippen LogP contribution in [0.1, 0.15) is 4.88 Å². The average Bonchev–Trinajstić information content (AvgIpc) is 2.91. The lowest BCUT2D eigenvalue weighted by Gasteiger charge is -2.05. The molecule has 0 spiro atoms. The normalized spacial score (nSPS) is 12.3. The summed E-state index contributed by atoms with van der Waals surface area (Å²) in [5.74, 6) is -0.124. The zero-order valence-electron chi connectivity index (χ0n) is 11.8. The van der Waals surface area contributed by atoms with Crippen molar-refractivity contribution in [2.45, 2.75) is 11.8 Å². The second-order valence-corrected chi connectivity index (χ2v) is 7.38. The van der Waals surface area contributed by atoms with Crippen LogP contribution in [0.3, 0.4) is 0 Å². The monoisotopic (exact) mass is 349 g/mol. The third-order valence-corrected chi connectivity index (χ3v) is 4.74. The molecule has 0 atom stereocenters. The van der Waals surface area contributed by atoms with Gasteiger partial charge in [-0.15, -0.1) is 10.2 Å². The fourth-order valence-electron chi connectivity index (χ4n) is 2.01. The van der Waals surface area contributed by atoms with E-state index in [1.54, 1.807) is 12.3 Å². The number of aromatic hydroxyl groups is 1. The standard InChI is InChI=1S/C14H11N3O4S2/c1-8-7-15-14(22-8)17-16-12-5-2-9-6-10(23(19,20)21)3-4-11(9)13(12)18/h2-7,18H,1H3,(H,19,20,21)/b17-16+. The van der Waals surface area contributed by atoms with Gasteiger partial charge in [0.25, 0.3) is 10.1 Å². The minimum atomic E-state index is -4.29. The number of hydrogen-bond acceptors (Lipinski definition) is 7. The van der Waals surface area contributed by atoms with E-state index in [-0.39, 0.29) is 16.3 Å². The van der Waals surface area contributed by atoms with Crippen molar-refractivity contribution in [3.63, 3.8) is 0 Å². The number of phenols is 1.